The highest BCUT2D eigenvalue weighted by molar-refractivity contribution is 5.76. The predicted molar refractivity (Wildman–Crippen MR) is 76.3 cm³/mol. The normalized spacial score (nSPS) is 20.1. The van der Waals surface area contributed by atoms with Crippen molar-refractivity contribution in [3.8, 4) is 6.01 Å². The average molecular weight is 295 g/mol. The van der Waals surface area contributed by atoms with E-state index in [0.29, 0.717) is 18.9 Å². The van der Waals surface area contributed by atoms with E-state index >= 15 is 0 Å². The number of carbonyl (C=O) groups is 1. The Kier molecular flexibility index (Phi) is 5.47. The topological polar surface area (TPSA) is 55.3 Å². The van der Waals surface area contributed by atoms with Crippen LogP contribution in [0, 0.1) is 11.7 Å². The van der Waals surface area contributed by atoms with Gasteiger partial charge in [0, 0.05) is 13.0 Å². The maximum atomic E-state index is 12.8. The molecule has 0 aliphatic carbocycles. The minimum absolute atomic E-state index is 0.120. The van der Waals surface area contributed by atoms with Crippen molar-refractivity contribution in [3.63, 3.8) is 0 Å². The molecule has 116 valence electrons. The maximum absolute atomic E-state index is 12.8. The molecule has 2 atom stereocenters. The third kappa shape index (κ3) is 4.65. The maximum Gasteiger partial charge on any atom is 0.316 e. The number of carbonyl (C=O) groups excluding carboxylic acids is 1. The number of nitrogens with zero attached hydrogens (tertiary/aromatic N) is 3. The number of ether oxygens (including phenoxy) is 1. The van der Waals surface area contributed by atoms with Crippen molar-refractivity contribution in [3.05, 3.63) is 18.2 Å². The van der Waals surface area contributed by atoms with Gasteiger partial charge < -0.3 is 9.64 Å². The van der Waals surface area contributed by atoms with Crippen molar-refractivity contribution in [2.75, 3.05) is 13.1 Å². The van der Waals surface area contributed by atoms with Crippen LogP contribution in [0.1, 0.15) is 39.5 Å². The van der Waals surface area contributed by atoms with Gasteiger partial charge >= 0.3 is 6.01 Å². The Morgan fingerprint density at radius 1 is 1.52 bits per heavy atom. The van der Waals surface area contributed by atoms with Crippen LogP contribution in [-0.2, 0) is 4.79 Å². The molecule has 0 aromatic carbocycles. The van der Waals surface area contributed by atoms with Crippen LogP contribution in [0.25, 0.3) is 0 Å². The van der Waals surface area contributed by atoms with Crippen molar-refractivity contribution >= 4 is 5.91 Å². The van der Waals surface area contributed by atoms with E-state index in [0.717, 1.165) is 38.2 Å². The van der Waals surface area contributed by atoms with Crippen LogP contribution >= 0.6 is 0 Å². The zero-order valence-electron chi connectivity index (χ0n) is 12.6. The van der Waals surface area contributed by atoms with Gasteiger partial charge in [0.05, 0.1) is 18.9 Å². The summed E-state index contributed by atoms with van der Waals surface area (Å²) in [5.41, 5.74) is 0. The summed E-state index contributed by atoms with van der Waals surface area (Å²) in [5, 5.41) is 0. The lowest BCUT2D eigenvalue weighted by Crippen LogP contribution is -2.44. The number of amides is 1. The van der Waals surface area contributed by atoms with Crippen molar-refractivity contribution in [1.82, 2.24) is 14.9 Å². The van der Waals surface area contributed by atoms with Crippen LogP contribution < -0.4 is 4.74 Å². The number of hydrogen-bond donors (Lipinski definition) is 0. The molecule has 2 heterocycles. The van der Waals surface area contributed by atoms with Crippen molar-refractivity contribution < 1.29 is 13.9 Å². The number of aromatic nitrogens is 2. The minimum Gasteiger partial charge on any atom is -0.458 e. The molecule has 1 amide bonds. The second-order valence-electron chi connectivity index (χ2n) is 5.62. The van der Waals surface area contributed by atoms with Crippen molar-refractivity contribution in [1.29, 1.82) is 0 Å². The standard InChI is InChI=1S/C15H22FN3O2/c1-3-11(2)7-14(20)19-6-4-5-13(10-19)21-15-17-8-12(16)9-18-15/h8-9,11,13H,3-7,10H2,1-2H3. The van der Waals surface area contributed by atoms with E-state index < -0.39 is 5.82 Å². The molecule has 6 heteroatoms. The molecule has 2 rings (SSSR count). The average Bonchev–Trinajstić information content (AvgIpc) is 2.49. The van der Waals surface area contributed by atoms with Crippen LogP contribution in [0.15, 0.2) is 12.4 Å². The molecule has 1 aliphatic rings. The van der Waals surface area contributed by atoms with Crippen LogP contribution in [-0.4, -0.2) is 40.0 Å². The third-order valence-electron chi connectivity index (χ3n) is 3.82. The highest BCUT2D eigenvalue weighted by Gasteiger charge is 2.26. The minimum atomic E-state index is -0.489. The van der Waals surface area contributed by atoms with E-state index in [1.54, 1.807) is 0 Å². The van der Waals surface area contributed by atoms with E-state index in [2.05, 4.69) is 23.8 Å². The summed E-state index contributed by atoms with van der Waals surface area (Å²) in [6.07, 6.45) is 5.38. The molecule has 0 saturated carbocycles. The van der Waals surface area contributed by atoms with E-state index in [9.17, 15) is 9.18 Å². The molecular formula is C15H22FN3O2. The molecule has 5 nitrogen and oxygen atoms in total. The molecule has 1 saturated heterocycles. The fraction of sp³-hybridized carbons (Fsp3) is 0.667. The summed E-state index contributed by atoms with van der Waals surface area (Å²) in [7, 11) is 0. The molecule has 0 radical (unpaired) electrons. The number of piperidine rings is 1. The Labute approximate surface area is 124 Å². The molecule has 0 spiro atoms. The molecule has 1 aliphatic heterocycles. The lowest BCUT2D eigenvalue weighted by Gasteiger charge is -2.33. The molecule has 1 fully saturated rings. The largest absolute Gasteiger partial charge is 0.458 e. The first-order valence-electron chi connectivity index (χ1n) is 7.50. The summed E-state index contributed by atoms with van der Waals surface area (Å²) in [4.78, 5) is 21.6. The molecule has 0 N–H and O–H groups in total. The first-order valence-corrected chi connectivity index (χ1v) is 7.50. The van der Waals surface area contributed by atoms with Gasteiger partial charge in [0.1, 0.15) is 6.10 Å². The molecule has 0 bridgehead atoms. The van der Waals surface area contributed by atoms with Gasteiger partial charge in [-0.2, -0.15) is 0 Å². The second-order valence-corrected chi connectivity index (χ2v) is 5.62. The zero-order valence-corrected chi connectivity index (χ0v) is 12.6. The fourth-order valence-corrected chi connectivity index (χ4v) is 2.34. The number of hydrogen-bond acceptors (Lipinski definition) is 4. The van der Waals surface area contributed by atoms with Gasteiger partial charge in [-0.15, -0.1) is 0 Å². The third-order valence-corrected chi connectivity index (χ3v) is 3.82. The second kappa shape index (κ2) is 7.33. The fourth-order valence-electron chi connectivity index (χ4n) is 2.34. The van der Waals surface area contributed by atoms with Gasteiger partial charge in [-0.3, -0.25) is 4.79 Å². The van der Waals surface area contributed by atoms with Crippen LogP contribution in [0.4, 0.5) is 4.39 Å². The van der Waals surface area contributed by atoms with E-state index in [-0.39, 0.29) is 18.0 Å². The zero-order chi connectivity index (χ0) is 15.2. The van der Waals surface area contributed by atoms with Gasteiger partial charge in [-0.25, -0.2) is 14.4 Å². The molecule has 1 aromatic heterocycles. The Bertz CT molecular complexity index is 466. The Morgan fingerprint density at radius 3 is 2.90 bits per heavy atom. The predicted octanol–water partition coefficient (Wildman–Crippen LogP) is 2.42. The van der Waals surface area contributed by atoms with Crippen LogP contribution in [0.3, 0.4) is 0 Å². The van der Waals surface area contributed by atoms with E-state index in [1.165, 1.54) is 0 Å². The first kappa shape index (κ1) is 15.7. The molecule has 1 aromatic rings. The highest BCUT2D eigenvalue weighted by Crippen LogP contribution is 2.18. The van der Waals surface area contributed by atoms with Crippen LogP contribution in [0.5, 0.6) is 6.01 Å². The summed E-state index contributed by atoms with van der Waals surface area (Å²) >= 11 is 0. The summed E-state index contributed by atoms with van der Waals surface area (Å²) in [5.74, 6) is 0.0910. The smallest absolute Gasteiger partial charge is 0.316 e. The Morgan fingerprint density at radius 2 is 2.24 bits per heavy atom. The molecule has 2 unspecified atom stereocenters. The van der Waals surface area contributed by atoms with Gasteiger partial charge in [0.2, 0.25) is 5.91 Å². The first-order chi connectivity index (χ1) is 10.1. The summed E-state index contributed by atoms with van der Waals surface area (Å²) in [6.45, 7) is 5.50. The number of likely N-dealkylation sites (tertiary alicyclic amines) is 1. The van der Waals surface area contributed by atoms with Gasteiger partial charge in [0.15, 0.2) is 5.82 Å². The summed E-state index contributed by atoms with van der Waals surface area (Å²) in [6, 6.07) is 0.164. The Hall–Kier alpha value is -1.72. The molecule has 21 heavy (non-hydrogen) atoms. The monoisotopic (exact) mass is 295 g/mol. The van der Waals surface area contributed by atoms with Crippen molar-refractivity contribution in [2.45, 2.75) is 45.6 Å². The lowest BCUT2D eigenvalue weighted by molar-refractivity contribution is -0.134. The van der Waals surface area contributed by atoms with E-state index in [4.69, 9.17) is 4.74 Å². The van der Waals surface area contributed by atoms with E-state index in [1.807, 2.05) is 4.90 Å². The SMILES string of the molecule is CCC(C)CC(=O)N1CCCC(Oc2ncc(F)cn2)C1. The lowest BCUT2D eigenvalue weighted by atomic mass is 10.0. The van der Waals surface area contributed by atoms with Gasteiger partial charge in [-0.05, 0) is 18.8 Å². The molecular weight excluding hydrogens is 273 g/mol. The summed E-state index contributed by atoms with van der Waals surface area (Å²) < 4.78 is 18.4. The quantitative estimate of drug-likeness (QED) is 0.837. The van der Waals surface area contributed by atoms with Gasteiger partial charge in [0.25, 0.3) is 0 Å². The van der Waals surface area contributed by atoms with Gasteiger partial charge in [-0.1, -0.05) is 20.3 Å². The van der Waals surface area contributed by atoms with Crippen LogP contribution in [0.2, 0.25) is 0 Å². The Balaban J connectivity index is 1.88. The number of halogens is 1. The van der Waals surface area contributed by atoms with Crippen molar-refractivity contribution in [2.24, 2.45) is 5.92 Å². The highest BCUT2D eigenvalue weighted by atomic mass is 19.1. The number of rotatable bonds is 5.